The third kappa shape index (κ3) is 4.08. The molecule has 0 bridgehead atoms. The zero-order valence-corrected chi connectivity index (χ0v) is 23.0. The number of amides is 2. The van der Waals surface area contributed by atoms with Crippen molar-refractivity contribution in [1.82, 2.24) is 0 Å². The Balaban J connectivity index is 1.34. The van der Waals surface area contributed by atoms with Crippen LogP contribution in [-0.4, -0.2) is 35.3 Å². The summed E-state index contributed by atoms with van der Waals surface area (Å²) in [6.45, 7) is 0. The molecule has 5 aromatic carbocycles. The van der Waals surface area contributed by atoms with Crippen LogP contribution in [-0.2, 0) is 16.5 Å². The minimum absolute atomic E-state index is 0.0805. The van der Waals surface area contributed by atoms with E-state index in [-0.39, 0.29) is 38.7 Å². The summed E-state index contributed by atoms with van der Waals surface area (Å²) >= 11 is 0. The molecule has 7 rings (SSSR count). The molecular formula is C33H18F6N2O5. The van der Waals surface area contributed by atoms with Crippen LogP contribution in [0.5, 0.6) is 0 Å². The first kappa shape index (κ1) is 29.3. The molecule has 0 radical (unpaired) electrons. The summed E-state index contributed by atoms with van der Waals surface area (Å²) in [7, 11) is 0. The number of rotatable bonds is 3. The molecule has 46 heavy (non-hydrogen) atoms. The van der Waals surface area contributed by atoms with Crippen LogP contribution in [0, 0.1) is 0 Å². The standard InChI is InChI=1S/C33H18F6N2O5/c34-32(35,36)17-6-3-7-18(15-17)41-27(42)22-10-4-9-20-21(12-13-23(25(20)22)28(41)43)29(44)46-31(33(37,38)39)26-19-8-2-1-5-16(19)11-14-24(26)40-30(31)45/h1-15,30,40,45H/t30-,31+/m1/s1. The van der Waals surface area contributed by atoms with Crippen molar-refractivity contribution in [2.24, 2.45) is 0 Å². The summed E-state index contributed by atoms with van der Waals surface area (Å²) in [6.07, 6.45) is -12.5. The molecule has 0 spiro atoms. The van der Waals surface area contributed by atoms with Gasteiger partial charge in [0.1, 0.15) is 0 Å². The van der Waals surface area contributed by atoms with Gasteiger partial charge in [-0.05, 0) is 58.6 Å². The second-order valence-corrected chi connectivity index (χ2v) is 10.8. The van der Waals surface area contributed by atoms with Gasteiger partial charge in [-0.3, -0.25) is 9.59 Å². The number of benzene rings is 5. The molecule has 2 aliphatic heterocycles. The van der Waals surface area contributed by atoms with Crippen LogP contribution in [0.4, 0.5) is 37.7 Å². The summed E-state index contributed by atoms with van der Waals surface area (Å²) in [4.78, 5) is 41.4. The van der Waals surface area contributed by atoms with Crippen molar-refractivity contribution in [1.29, 1.82) is 0 Å². The fraction of sp³-hybridized carbons (Fsp3) is 0.121. The number of nitrogens with one attached hydrogen (secondary N) is 1. The molecule has 2 N–H and O–H groups in total. The number of nitrogens with zero attached hydrogens (tertiary/aromatic N) is 1. The van der Waals surface area contributed by atoms with E-state index in [1.165, 1.54) is 36.4 Å². The number of imide groups is 1. The van der Waals surface area contributed by atoms with Gasteiger partial charge in [-0.15, -0.1) is 0 Å². The Hall–Kier alpha value is -5.43. The van der Waals surface area contributed by atoms with Gasteiger partial charge in [-0.2, -0.15) is 26.3 Å². The van der Waals surface area contributed by atoms with Crippen LogP contribution in [0.1, 0.15) is 42.2 Å². The molecule has 232 valence electrons. The highest BCUT2D eigenvalue weighted by molar-refractivity contribution is 6.36. The van der Waals surface area contributed by atoms with Crippen LogP contribution in [0.15, 0.2) is 91.0 Å². The van der Waals surface area contributed by atoms with E-state index in [1.807, 2.05) is 0 Å². The quantitative estimate of drug-likeness (QED) is 0.124. The Kier molecular flexibility index (Phi) is 6.23. The van der Waals surface area contributed by atoms with Gasteiger partial charge >= 0.3 is 18.3 Å². The maximum atomic E-state index is 15.0. The van der Waals surface area contributed by atoms with E-state index < -0.39 is 58.7 Å². The molecule has 7 nitrogen and oxygen atoms in total. The van der Waals surface area contributed by atoms with Crippen molar-refractivity contribution in [2.75, 3.05) is 10.2 Å². The van der Waals surface area contributed by atoms with Crippen LogP contribution >= 0.6 is 0 Å². The highest BCUT2D eigenvalue weighted by atomic mass is 19.4. The van der Waals surface area contributed by atoms with Crippen molar-refractivity contribution in [2.45, 2.75) is 24.2 Å². The zero-order chi connectivity index (χ0) is 32.8. The molecule has 13 heteroatoms. The second kappa shape index (κ2) is 9.78. The van der Waals surface area contributed by atoms with Crippen molar-refractivity contribution >= 4 is 50.7 Å². The van der Waals surface area contributed by atoms with Gasteiger partial charge in [0.2, 0.25) is 0 Å². The largest absolute Gasteiger partial charge is 0.437 e. The fourth-order valence-electron chi connectivity index (χ4n) is 6.17. The Morgan fingerprint density at radius 1 is 0.804 bits per heavy atom. The van der Waals surface area contributed by atoms with E-state index in [9.17, 15) is 32.7 Å². The zero-order valence-electron chi connectivity index (χ0n) is 23.0. The van der Waals surface area contributed by atoms with Gasteiger partial charge in [-0.1, -0.05) is 48.5 Å². The average Bonchev–Trinajstić information content (AvgIpc) is 3.31. The first-order chi connectivity index (χ1) is 21.7. The monoisotopic (exact) mass is 636 g/mol. The van der Waals surface area contributed by atoms with Crippen LogP contribution in [0.3, 0.4) is 0 Å². The number of aliphatic hydroxyl groups excluding tert-OH is 1. The van der Waals surface area contributed by atoms with Gasteiger partial charge in [0.05, 0.1) is 16.8 Å². The number of hydrogen-bond acceptors (Lipinski definition) is 6. The minimum atomic E-state index is -5.33. The number of alkyl halides is 6. The van der Waals surface area contributed by atoms with Gasteiger partial charge in [0.15, 0.2) is 6.23 Å². The number of fused-ring (bicyclic) bond motifs is 3. The maximum Gasteiger partial charge on any atom is 0.437 e. The second-order valence-electron chi connectivity index (χ2n) is 10.8. The molecule has 0 aliphatic carbocycles. The lowest BCUT2D eigenvalue weighted by atomic mass is 9.88. The minimum Gasteiger partial charge on any atom is -0.436 e. The highest BCUT2D eigenvalue weighted by Gasteiger charge is 2.68. The van der Waals surface area contributed by atoms with Crippen LogP contribution < -0.4 is 10.2 Å². The highest BCUT2D eigenvalue weighted by Crippen LogP contribution is 2.54. The number of aliphatic hydroxyl groups is 1. The van der Waals surface area contributed by atoms with Gasteiger partial charge in [0.25, 0.3) is 17.4 Å². The molecule has 2 amide bonds. The van der Waals surface area contributed by atoms with Crippen molar-refractivity contribution in [3.63, 3.8) is 0 Å². The molecular weight excluding hydrogens is 618 g/mol. The molecule has 0 saturated carbocycles. The van der Waals surface area contributed by atoms with Crippen molar-refractivity contribution in [3.05, 3.63) is 119 Å². The predicted molar refractivity (Wildman–Crippen MR) is 153 cm³/mol. The first-order valence-electron chi connectivity index (χ1n) is 13.6. The summed E-state index contributed by atoms with van der Waals surface area (Å²) in [5.41, 5.74) is -6.39. The number of carbonyl (C=O) groups is 3. The number of hydrogen-bond donors (Lipinski definition) is 2. The first-order valence-corrected chi connectivity index (χ1v) is 13.6. The lowest BCUT2D eigenvalue weighted by Crippen LogP contribution is -2.54. The molecule has 0 unspecified atom stereocenters. The van der Waals surface area contributed by atoms with E-state index in [0.29, 0.717) is 16.4 Å². The van der Waals surface area contributed by atoms with Gasteiger partial charge in [0, 0.05) is 27.8 Å². The number of halogens is 6. The normalized spacial score (nSPS) is 19.4. The fourth-order valence-corrected chi connectivity index (χ4v) is 6.17. The Bertz CT molecular complexity index is 2120. The average molecular weight is 637 g/mol. The Labute approximate surface area is 254 Å². The molecule has 0 fully saturated rings. The van der Waals surface area contributed by atoms with Crippen molar-refractivity contribution in [3.8, 4) is 0 Å². The van der Waals surface area contributed by atoms with Crippen LogP contribution in [0.2, 0.25) is 0 Å². The number of ether oxygens (including phenoxy) is 1. The number of anilines is 2. The molecule has 0 saturated heterocycles. The van der Waals surface area contributed by atoms with Gasteiger partial charge < -0.3 is 15.2 Å². The lowest BCUT2D eigenvalue weighted by Gasteiger charge is -2.35. The molecule has 2 aliphatic rings. The van der Waals surface area contributed by atoms with E-state index in [2.05, 4.69) is 5.32 Å². The predicted octanol–water partition coefficient (Wildman–Crippen LogP) is 7.17. The molecule has 2 heterocycles. The Morgan fingerprint density at radius 3 is 2.20 bits per heavy atom. The summed E-state index contributed by atoms with van der Waals surface area (Å²) < 4.78 is 90.5. The summed E-state index contributed by atoms with van der Waals surface area (Å²) in [6, 6.07) is 18.6. The summed E-state index contributed by atoms with van der Waals surface area (Å²) in [5, 5.41) is 13.4. The number of carbonyl (C=O) groups excluding carboxylic acids is 3. The Morgan fingerprint density at radius 2 is 1.48 bits per heavy atom. The molecule has 2 atom stereocenters. The smallest absolute Gasteiger partial charge is 0.436 e. The third-order valence-electron chi connectivity index (χ3n) is 8.21. The van der Waals surface area contributed by atoms with Gasteiger partial charge in [-0.25, -0.2) is 9.69 Å². The lowest BCUT2D eigenvalue weighted by molar-refractivity contribution is -0.287. The van der Waals surface area contributed by atoms with Crippen molar-refractivity contribution < 1.29 is 50.6 Å². The molecule has 0 aromatic heterocycles. The van der Waals surface area contributed by atoms with Crippen LogP contribution in [0.25, 0.3) is 21.5 Å². The summed E-state index contributed by atoms with van der Waals surface area (Å²) in [5.74, 6) is -3.52. The van der Waals surface area contributed by atoms with E-state index >= 15 is 13.2 Å². The third-order valence-corrected chi connectivity index (χ3v) is 8.21. The topological polar surface area (TPSA) is 95.9 Å². The van der Waals surface area contributed by atoms with E-state index in [1.54, 1.807) is 18.2 Å². The molecule has 5 aromatic rings. The van der Waals surface area contributed by atoms with E-state index in [4.69, 9.17) is 4.74 Å². The maximum absolute atomic E-state index is 15.0. The van der Waals surface area contributed by atoms with E-state index in [0.717, 1.165) is 30.3 Å². The SMILES string of the molecule is O=C(O[C@@]1(C(F)(F)F)c2c(ccc3ccccc23)N[C@@H]1O)c1ccc2c3c(cccc13)C(=O)N(c1cccc(C(F)(F)F)c1)C2=O. The number of esters is 1.